The Kier molecular flexibility index (Phi) is 27.3. The molecule has 17 aromatic heterocycles. The topological polar surface area (TPSA) is 548 Å². The normalized spacial score (nSPS) is 13.6. The summed E-state index contributed by atoms with van der Waals surface area (Å²) in [5, 5.41) is 22.6. The van der Waals surface area contributed by atoms with Crippen LogP contribution in [0, 0.1) is 0 Å². The number of nitrogens with one attached hydrogen (secondary N) is 14. The van der Waals surface area contributed by atoms with Crippen molar-refractivity contribution in [2.75, 3.05) is 76.6 Å². The van der Waals surface area contributed by atoms with E-state index < -0.39 is 0 Å². The van der Waals surface area contributed by atoms with Gasteiger partial charge in [0.2, 0.25) is 0 Å². The number of aromatic nitrogens is 33. The summed E-state index contributed by atoms with van der Waals surface area (Å²) in [6.45, 7) is 11.0. The Morgan fingerprint density at radius 1 is 0.357 bits per heavy atom. The number of aromatic amines is 7. The Morgan fingerprint density at radius 3 is 1.13 bits per heavy atom. The molecule has 19 heterocycles. The van der Waals surface area contributed by atoms with E-state index in [-0.39, 0.29) is 6.10 Å². The van der Waals surface area contributed by atoms with Gasteiger partial charge in [0.05, 0.1) is 87.2 Å². The zero-order valence-corrected chi connectivity index (χ0v) is 60.9. The van der Waals surface area contributed by atoms with Crippen LogP contribution in [-0.4, -0.2) is 216 Å². The average Bonchev–Trinajstić information content (AvgIpc) is 1.64. The number of anilines is 7. The fraction of sp³-hybridized carbons (Fsp3) is 0.286. The van der Waals surface area contributed by atoms with Gasteiger partial charge in [0.25, 0.3) is 0 Å². The fourth-order valence-electron chi connectivity index (χ4n) is 11.0. The van der Waals surface area contributed by atoms with Gasteiger partial charge >= 0.3 is 0 Å². The van der Waals surface area contributed by atoms with Crippen LogP contribution in [0.15, 0.2) is 162 Å². The van der Waals surface area contributed by atoms with Crippen LogP contribution >= 0.6 is 0 Å². The largest absolute Gasteiger partial charge is 0.376 e. The van der Waals surface area contributed by atoms with Gasteiger partial charge in [0.15, 0.2) is 80.3 Å². The number of hydrogen-bond acceptors (Lipinski definition) is 35. The maximum absolute atomic E-state index is 5.66. The van der Waals surface area contributed by atoms with Crippen molar-refractivity contribution < 1.29 is 9.47 Å². The first-order chi connectivity index (χ1) is 55.5. The van der Waals surface area contributed by atoms with E-state index in [9.17, 15) is 0 Å². The number of ether oxygens (including phenoxy) is 2. The molecule has 0 aliphatic carbocycles. The maximum atomic E-state index is 5.66. The van der Waals surface area contributed by atoms with Crippen molar-refractivity contribution in [1.29, 1.82) is 0 Å². The third-order valence-corrected chi connectivity index (χ3v) is 16.6. The van der Waals surface area contributed by atoms with E-state index in [2.05, 4.69) is 209 Å². The van der Waals surface area contributed by atoms with Crippen LogP contribution in [-0.2, 0) is 29.1 Å². The van der Waals surface area contributed by atoms with Crippen molar-refractivity contribution >= 4 is 119 Å². The SMILES string of the molecule is C/C=C/CNc1ncnc2nc[nH]c12.CCCCNc1ncnc2nc[nH]c12.c1cc(CNc2ncnc3nc[nH]c23)ccn1.c1cc(CNc2ncnc3nc[nH]c23)ncn1.c1cnc(CNc2ncnc3nc[nH]c23)cn1.c1nc(NCC2CCCCO2)c2[nH]cnc2n1.c1nc(NCC2CCCO2)c2[nH]cnc2n1. The molecule has 42 nitrogen and oxygen atoms in total. The minimum absolute atomic E-state index is 0.289. The number of unbranched alkanes of at least 4 members (excludes halogenated alkanes) is 1. The zero-order valence-electron chi connectivity index (χ0n) is 60.9. The lowest BCUT2D eigenvalue weighted by Crippen LogP contribution is -2.27. The first kappa shape index (κ1) is 75.6. The molecule has 0 spiro atoms. The van der Waals surface area contributed by atoms with E-state index in [1.54, 1.807) is 81.5 Å². The zero-order chi connectivity index (χ0) is 76.4. The van der Waals surface area contributed by atoms with Gasteiger partial charge in [-0.05, 0) is 69.2 Å². The maximum Gasteiger partial charge on any atom is 0.182 e. The second-order valence-electron chi connectivity index (χ2n) is 24.2. The molecule has 0 radical (unpaired) electrons. The molecule has 0 saturated carbocycles. The summed E-state index contributed by atoms with van der Waals surface area (Å²) in [6.07, 6.45) is 46.2. The number of nitrogens with zero attached hydrogens (tertiary/aromatic N) is 26. The Morgan fingerprint density at radius 2 is 0.750 bits per heavy atom. The molecule has 112 heavy (non-hydrogen) atoms. The Bertz CT molecular complexity index is 5330. The molecule has 19 rings (SSSR count). The molecule has 572 valence electrons. The highest BCUT2D eigenvalue weighted by atomic mass is 16.5. The lowest BCUT2D eigenvalue weighted by molar-refractivity contribution is 0.0247. The van der Waals surface area contributed by atoms with Crippen LogP contribution in [0.3, 0.4) is 0 Å². The van der Waals surface area contributed by atoms with Gasteiger partial charge in [0.1, 0.15) is 89.2 Å². The summed E-state index contributed by atoms with van der Waals surface area (Å²) < 4.78 is 11.2. The summed E-state index contributed by atoms with van der Waals surface area (Å²) in [5.41, 5.74) is 13.4. The quantitative estimate of drug-likeness (QED) is 0.0225. The number of pyridine rings is 1. The van der Waals surface area contributed by atoms with Crippen LogP contribution in [0.5, 0.6) is 0 Å². The van der Waals surface area contributed by atoms with E-state index in [0.29, 0.717) is 76.9 Å². The molecular weight excluding hydrogens is 1430 g/mol. The van der Waals surface area contributed by atoms with Crippen LogP contribution in [0.4, 0.5) is 40.7 Å². The van der Waals surface area contributed by atoms with Crippen molar-refractivity contribution in [1.82, 2.24) is 164 Å². The summed E-state index contributed by atoms with van der Waals surface area (Å²) >= 11 is 0. The number of H-pyrrole nitrogens is 7. The third kappa shape index (κ3) is 21.4. The highest BCUT2D eigenvalue weighted by molar-refractivity contribution is 5.86. The van der Waals surface area contributed by atoms with Crippen molar-refractivity contribution in [3.8, 4) is 0 Å². The van der Waals surface area contributed by atoms with Gasteiger partial charge in [-0.1, -0.05) is 25.5 Å². The highest BCUT2D eigenvalue weighted by Gasteiger charge is 2.18. The standard InChI is InChI=1S/C11H10N6.C11H15N5O.2C10H9N7.C10H13N5O.C9H13N5.C9H11N5/c1-3-12-4-2-8(1)5-13-10-9-11(15-6-14-9)17-7-16-10;1-2-4-17-8(3-1)5-12-10-9-11(14-6-13-9)16-7-15-10;1-2-12-7(3-11-1)4-13-9-8-10(15-5-14-8)17-6-16-9;1-2-11-4-13-7(1)3-12-9-8-10(15-5-14-8)17-6-16-9;1-2-7(16-3-1)4-11-9-8-10(13-5-12-8)15-6-14-9;2*1-2-3-4-10-8-7-9(12-5-11-7)14-6-13-8/h1-4,6-7H,5H2,(H2,13,14,15,16,17);6-8H,1-5H2,(H2,12,13,14,15,16);1-3,5-6H,4H2,(H2,13,14,15,16,17);1-2,4-6H,3H2,(H2,12,14,15,16,17);5-7H,1-4H2,(H2,11,12,13,14,15);5-6H,2-4H2,1H3,(H2,10,11,12,13,14);2-3,5-6H,4H2,1H3,(H2,10,11,12,13,14)/b;;;;;;3-2+. The molecule has 14 N–H and O–H groups in total. The van der Waals surface area contributed by atoms with Gasteiger partial charge in [-0.2, -0.15) is 0 Å². The highest BCUT2D eigenvalue weighted by Crippen LogP contribution is 2.22. The van der Waals surface area contributed by atoms with Crippen LogP contribution in [0.25, 0.3) is 78.1 Å². The Labute approximate surface area is 636 Å². The monoisotopic (exact) mass is 1510 g/mol. The lowest BCUT2D eigenvalue weighted by atomic mass is 10.1. The minimum atomic E-state index is 0.289. The second kappa shape index (κ2) is 40.4. The molecule has 0 aromatic carbocycles. The molecule has 2 aliphatic rings. The van der Waals surface area contributed by atoms with Crippen LogP contribution < -0.4 is 37.2 Å². The predicted octanol–water partition coefficient (Wildman–Crippen LogP) is 8.05. The van der Waals surface area contributed by atoms with Crippen molar-refractivity contribution in [2.45, 2.75) is 90.6 Å². The number of allylic oxidation sites excluding steroid dienone is 1. The first-order valence-corrected chi connectivity index (χ1v) is 35.9. The van der Waals surface area contributed by atoms with E-state index in [1.165, 1.54) is 69.9 Å². The summed E-state index contributed by atoms with van der Waals surface area (Å²) in [5.74, 6) is 5.37. The number of hydrogen-bond donors (Lipinski definition) is 14. The molecule has 2 saturated heterocycles. The lowest BCUT2D eigenvalue weighted by Gasteiger charge is -2.22. The molecule has 0 amide bonds. The average molecular weight is 1510 g/mol. The van der Waals surface area contributed by atoms with E-state index in [0.717, 1.165) is 150 Å². The summed E-state index contributed by atoms with van der Waals surface area (Å²) in [6, 6.07) is 5.76. The molecular formula is C70H80N40O2. The molecule has 2 atom stereocenters. The van der Waals surface area contributed by atoms with Crippen LogP contribution in [0.2, 0.25) is 0 Å². The van der Waals surface area contributed by atoms with Gasteiger partial charge in [-0.15, -0.1) is 0 Å². The minimum Gasteiger partial charge on any atom is -0.376 e. The first-order valence-electron chi connectivity index (χ1n) is 35.9. The van der Waals surface area contributed by atoms with Gasteiger partial charge in [-0.25, -0.2) is 115 Å². The fourth-order valence-corrected chi connectivity index (χ4v) is 11.0. The number of rotatable bonds is 22. The number of imidazole rings is 7. The van der Waals surface area contributed by atoms with Gasteiger partial charge in [0, 0.05) is 76.9 Å². The van der Waals surface area contributed by atoms with E-state index in [1.807, 2.05) is 37.3 Å². The Balaban J connectivity index is 0.000000115. The van der Waals surface area contributed by atoms with Gasteiger partial charge in [-0.3, -0.25) is 15.0 Å². The summed E-state index contributed by atoms with van der Waals surface area (Å²) in [4.78, 5) is 127. The second-order valence-corrected chi connectivity index (χ2v) is 24.2. The third-order valence-electron chi connectivity index (χ3n) is 16.6. The van der Waals surface area contributed by atoms with Crippen LogP contribution in [0.1, 0.15) is 75.7 Å². The molecule has 17 aromatic rings. The molecule has 2 unspecified atom stereocenters. The molecule has 2 fully saturated rings. The number of fused-ring (bicyclic) bond motifs is 7. The molecule has 0 bridgehead atoms. The van der Waals surface area contributed by atoms with E-state index in [4.69, 9.17) is 9.47 Å². The van der Waals surface area contributed by atoms with Gasteiger partial charge < -0.3 is 81.6 Å². The predicted molar refractivity (Wildman–Crippen MR) is 418 cm³/mol. The Hall–Kier alpha value is -14.6. The molecule has 2 aliphatic heterocycles. The van der Waals surface area contributed by atoms with Crippen molar-refractivity contribution in [2.24, 2.45) is 0 Å². The smallest absolute Gasteiger partial charge is 0.182 e. The van der Waals surface area contributed by atoms with Crippen molar-refractivity contribution in [3.05, 3.63) is 179 Å². The summed E-state index contributed by atoms with van der Waals surface area (Å²) in [7, 11) is 0. The van der Waals surface area contributed by atoms with Crippen molar-refractivity contribution in [3.63, 3.8) is 0 Å². The molecule has 42 heteroatoms. The van der Waals surface area contributed by atoms with E-state index >= 15 is 0 Å².